The minimum atomic E-state index is -0.387. The second-order valence-electron chi connectivity index (χ2n) is 12.4. The van der Waals surface area contributed by atoms with Crippen molar-refractivity contribution < 1.29 is 23.8 Å². The van der Waals surface area contributed by atoms with Crippen molar-refractivity contribution in [3.8, 4) is 0 Å². The van der Waals surface area contributed by atoms with Crippen LogP contribution in [0.1, 0.15) is 91.4 Å². The molecule has 0 spiro atoms. The van der Waals surface area contributed by atoms with E-state index in [-0.39, 0.29) is 47.5 Å². The fourth-order valence-corrected chi connectivity index (χ4v) is 8.22. The number of esters is 2. The highest BCUT2D eigenvalue weighted by atomic mass is 16.7. The number of hydrogen-bond acceptors (Lipinski definition) is 5. The first-order chi connectivity index (χ1) is 15.3. The first kappa shape index (κ1) is 22.7. The van der Waals surface area contributed by atoms with E-state index in [0.29, 0.717) is 24.9 Å². The van der Waals surface area contributed by atoms with Crippen LogP contribution in [0.2, 0.25) is 0 Å². The van der Waals surface area contributed by atoms with E-state index in [4.69, 9.17) is 14.2 Å². The van der Waals surface area contributed by atoms with Crippen molar-refractivity contribution in [2.45, 2.75) is 97.5 Å². The Hall–Kier alpha value is -1.10. The molecule has 0 amide bonds. The van der Waals surface area contributed by atoms with Gasteiger partial charge in [0.05, 0.1) is 18.4 Å². The Bertz CT molecular complexity index is 732. The highest BCUT2D eigenvalue weighted by Gasteiger charge is 2.63. The van der Waals surface area contributed by atoms with Crippen LogP contribution in [0.15, 0.2) is 0 Å². The Morgan fingerprint density at radius 1 is 0.875 bits per heavy atom. The van der Waals surface area contributed by atoms with Crippen LogP contribution in [0.5, 0.6) is 0 Å². The van der Waals surface area contributed by atoms with Gasteiger partial charge >= 0.3 is 11.9 Å². The van der Waals surface area contributed by atoms with Crippen LogP contribution in [0.25, 0.3) is 0 Å². The lowest BCUT2D eigenvalue weighted by Crippen LogP contribution is -2.42. The van der Waals surface area contributed by atoms with Crippen LogP contribution >= 0.6 is 0 Å². The summed E-state index contributed by atoms with van der Waals surface area (Å²) in [5.41, 5.74) is 0.254. The molecule has 5 aliphatic carbocycles. The van der Waals surface area contributed by atoms with Gasteiger partial charge in [-0.15, -0.1) is 0 Å². The molecular weight excluding hydrogens is 404 g/mol. The molecule has 0 aromatic heterocycles. The van der Waals surface area contributed by atoms with E-state index < -0.39 is 0 Å². The normalized spacial score (nSPS) is 44.0. The van der Waals surface area contributed by atoms with E-state index in [0.717, 1.165) is 43.9 Å². The summed E-state index contributed by atoms with van der Waals surface area (Å²) in [7, 11) is 0. The van der Waals surface area contributed by atoms with Gasteiger partial charge in [0.2, 0.25) is 0 Å². The molecule has 0 aromatic rings. The maximum absolute atomic E-state index is 13.2. The average molecular weight is 447 g/mol. The second-order valence-corrected chi connectivity index (χ2v) is 12.4. The van der Waals surface area contributed by atoms with E-state index in [9.17, 15) is 9.59 Å². The van der Waals surface area contributed by atoms with E-state index in [1.807, 2.05) is 0 Å². The van der Waals surface area contributed by atoms with Crippen LogP contribution < -0.4 is 0 Å². The van der Waals surface area contributed by atoms with E-state index in [1.165, 1.54) is 32.1 Å². The van der Waals surface area contributed by atoms with Crippen molar-refractivity contribution in [2.75, 3.05) is 13.4 Å². The summed E-state index contributed by atoms with van der Waals surface area (Å²) in [5.74, 6) is 1.76. The fraction of sp³-hybridized carbons (Fsp3) is 0.926. The topological polar surface area (TPSA) is 61.8 Å². The zero-order chi connectivity index (χ0) is 22.5. The van der Waals surface area contributed by atoms with Gasteiger partial charge in [-0.1, -0.05) is 40.0 Å². The van der Waals surface area contributed by atoms with Gasteiger partial charge < -0.3 is 14.2 Å². The van der Waals surface area contributed by atoms with Gasteiger partial charge in [0.1, 0.15) is 6.10 Å². The maximum atomic E-state index is 13.2. The molecule has 5 rings (SSSR count). The molecule has 32 heavy (non-hydrogen) atoms. The summed E-state index contributed by atoms with van der Waals surface area (Å²) in [6.45, 7) is 7.66. The third-order valence-corrected chi connectivity index (χ3v) is 10.8. The van der Waals surface area contributed by atoms with Crippen LogP contribution in [-0.2, 0) is 23.8 Å². The smallest absolute Gasteiger partial charge is 0.311 e. The number of carbonyl (C=O) groups is 2. The summed E-state index contributed by atoms with van der Waals surface area (Å²) < 4.78 is 17.4. The van der Waals surface area contributed by atoms with Gasteiger partial charge in [-0.25, -0.2) is 0 Å². The minimum absolute atomic E-state index is 0.0154. The number of hydrogen-bond donors (Lipinski definition) is 0. The summed E-state index contributed by atoms with van der Waals surface area (Å²) in [5, 5.41) is 0. The number of rotatable bonds is 7. The molecule has 5 nitrogen and oxygen atoms in total. The molecule has 0 radical (unpaired) electrons. The maximum Gasteiger partial charge on any atom is 0.311 e. The van der Waals surface area contributed by atoms with Crippen LogP contribution in [0.4, 0.5) is 0 Å². The molecule has 0 aliphatic heterocycles. The highest BCUT2D eigenvalue weighted by molar-refractivity contribution is 5.82. The quantitative estimate of drug-likeness (QED) is 0.293. The average Bonchev–Trinajstić information content (AvgIpc) is 3.50. The van der Waals surface area contributed by atoms with Gasteiger partial charge in [-0.2, -0.15) is 0 Å². The Morgan fingerprint density at radius 2 is 1.62 bits per heavy atom. The van der Waals surface area contributed by atoms with E-state index in [2.05, 4.69) is 20.8 Å². The molecule has 0 aromatic carbocycles. The Labute approximate surface area is 193 Å². The molecule has 5 saturated carbocycles. The molecule has 5 fully saturated rings. The van der Waals surface area contributed by atoms with Crippen molar-refractivity contribution >= 4 is 11.9 Å². The standard InChI is InChI=1S/C27H42O5/c1-26(2)20-10-11-27(26,3)23(14-20)32-25(29)22-7-5-4-6-21(22)24(28)31-16-30-15-19-13-17-8-9-18(19)12-17/h17-23H,4-16H2,1-3H3. The SMILES string of the molecule is CC1(C)C2CCC1(C)C(OC(=O)C1CCCCC1C(=O)OCOCC1CC3CCC1C3)C2. The predicted molar refractivity (Wildman–Crippen MR) is 120 cm³/mol. The first-order valence-corrected chi connectivity index (χ1v) is 13.2. The molecule has 8 unspecified atom stereocenters. The molecule has 0 N–H and O–H groups in total. The fourth-order valence-electron chi connectivity index (χ4n) is 8.22. The largest absolute Gasteiger partial charge is 0.462 e. The summed E-state index contributed by atoms with van der Waals surface area (Å²) in [4.78, 5) is 26.1. The van der Waals surface area contributed by atoms with E-state index in [1.54, 1.807) is 0 Å². The second kappa shape index (κ2) is 8.60. The number of fused-ring (bicyclic) bond motifs is 4. The lowest BCUT2D eigenvalue weighted by Gasteiger charge is -2.39. The minimum Gasteiger partial charge on any atom is -0.462 e. The Balaban J connectivity index is 1.12. The monoisotopic (exact) mass is 446 g/mol. The Morgan fingerprint density at radius 3 is 2.22 bits per heavy atom. The first-order valence-electron chi connectivity index (χ1n) is 13.2. The third-order valence-electron chi connectivity index (χ3n) is 10.8. The predicted octanol–water partition coefficient (Wildman–Crippen LogP) is 5.50. The zero-order valence-corrected chi connectivity index (χ0v) is 20.3. The van der Waals surface area contributed by atoms with Gasteiger partial charge in [0.25, 0.3) is 0 Å². The van der Waals surface area contributed by atoms with Crippen LogP contribution in [0.3, 0.4) is 0 Å². The van der Waals surface area contributed by atoms with Crippen LogP contribution in [0, 0.1) is 46.3 Å². The molecule has 8 atom stereocenters. The van der Waals surface area contributed by atoms with Crippen molar-refractivity contribution in [3.63, 3.8) is 0 Å². The number of carbonyl (C=O) groups excluding carboxylic acids is 2. The summed E-state index contributed by atoms with van der Waals surface area (Å²) >= 11 is 0. The Kier molecular flexibility index (Phi) is 6.09. The van der Waals surface area contributed by atoms with Crippen LogP contribution in [-0.4, -0.2) is 31.4 Å². The summed E-state index contributed by atoms with van der Waals surface area (Å²) in [6.07, 6.45) is 12.0. The van der Waals surface area contributed by atoms with Crippen molar-refractivity contribution in [3.05, 3.63) is 0 Å². The van der Waals surface area contributed by atoms with Gasteiger partial charge in [-0.3, -0.25) is 9.59 Å². The molecule has 180 valence electrons. The molecule has 4 bridgehead atoms. The van der Waals surface area contributed by atoms with Gasteiger partial charge in [0.15, 0.2) is 6.79 Å². The summed E-state index contributed by atoms with van der Waals surface area (Å²) in [6, 6.07) is 0. The van der Waals surface area contributed by atoms with Crippen molar-refractivity contribution in [1.29, 1.82) is 0 Å². The van der Waals surface area contributed by atoms with Gasteiger partial charge in [0, 0.05) is 5.41 Å². The van der Waals surface area contributed by atoms with Crippen molar-refractivity contribution in [1.82, 2.24) is 0 Å². The molecular formula is C27H42O5. The molecule has 5 heteroatoms. The third kappa shape index (κ3) is 3.80. The molecule has 0 heterocycles. The molecule has 5 aliphatic rings. The van der Waals surface area contributed by atoms with Crippen molar-refractivity contribution in [2.24, 2.45) is 46.3 Å². The molecule has 0 saturated heterocycles. The number of ether oxygens (including phenoxy) is 3. The zero-order valence-electron chi connectivity index (χ0n) is 20.3. The lowest BCUT2D eigenvalue weighted by atomic mass is 9.70. The highest BCUT2D eigenvalue weighted by Crippen LogP contribution is 2.66. The van der Waals surface area contributed by atoms with Gasteiger partial charge in [-0.05, 0) is 80.5 Å². The lowest BCUT2D eigenvalue weighted by molar-refractivity contribution is -0.176. The van der Waals surface area contributed by atoms with E-state index >= 15 is 0 Å².